The summed E-state index contributed by atoms with van der Waals surface area (Å²) in [4.78, 5) is 11.0. The zero-order chi connectivity index (χ0) is 17.1. The summed E-state index contributed by atoms with van der Waals surface area (Å²) in [7, 11) is 0. The summed E-state index contributed by atoms with van der Waals surface area (Å²) < 4.78 is 0. The predicted octanol–water partition coefficient (Wildman–Crippen LogP) is 3.93. The minimum atomic E-state index is -0.955. The molecule has 0 aliphatic carbocycles. The third kappa shape index (κ3) is 3.21. The lowest BCUT2D eigenvalue weighted by Crippen LogP contribution is -1.99. The summed E-state index contributed by atoms with van der Waals surface area (Å²) in [5.41, 5.74) is 3.59. The van der Waals surface area contributed by atoms with Crippen LogP contribution in [0.5, 0.6) is 11.5 Å². The molecule has 2 aromatic carbocycles. The van der Waals surface area contributed by atoms with Gasteiger partial charge in [-0.1, -0.05) is 36.4 Å². The van der Waals surface area contributed by atoms with Crippen molar-refractivity contribution < 1.29 is 20.1 Å². The number of phenols is 2. The van der Waals surface area contributed by atoms with E-state index >= 15 is 0 Å². The molecule has 0 atom stereocenters. The molecule has 0 unspecified atom stereocenters. The van der Waals surface area contributed by atoms with Gasteiger partial charge in [-0.15, -0.1) is 0 Å². The Hall–Kier alpha value is -2.75. The fourth-order valence-electron chi connectivity index (χ4n) is 2.62. The summed E-state index contributed by atoms with van der Waals surface area (Å²) in [5.74, 6) is -0.769. The van der Waals surface area contributed by atoms with E-state index in [1.165, 1.54) is 0 Å². The van der Waals surface area contributed by atoms with Gasteiger partial charge in [0.2, 0.25) is 0 Å². The molecule has 0 bridgehead atoms. The van der Waals surface area contributed by atoms with Crippen molar-refractivity contribution >= 4 is 11.5 Å². The lowest BCUT2D eigenvalue weighted by atomic mass is 9.88. The number of hydrogen-bond acceptors (Lipinski definition) is 3. The van der Waals surface area contributed by atoms with Crippen LogP contribution in [0.4, 0.5) is 0 Å². The number of phenolic OH excluding ortho intramolecular Hbond substituents is 2. The van der Waals surface area contributed by atoms with Crippen LogP contribution in [0.25, 0.3) is 5.57 Å². The molecule has 2 aromatic rings. The van der Waals surface area contributed by atoms with E-state index in [0.717, 1.165) is 5.56 Å². The van der Waals surface area contributed by atoms with Crippen LogP contribution in [0.2, 0.25) is 0 Å². The van der Waals surface area contributed by atoms with E-state index in [0.29, 0.717) is 27.8 Å². The van der Waals surface area contributed by atoms with Crippen LogP contribution in [-0.4, -0.2) is 21.3 Å². The molecule has 0 aliphatic heterocycles. The molecule has 0 aromatic heterocycles. The molecule has 0 fully saturated rings. The molecule has 0 amide bonds. The van der Waals surface area contributed by atoms with Crippen molar-refractivity contribution in [3.63, 3.8) is 0 Å². The molecule has 0 saturated carbocycles. The topological polar surface area (TPSA) is 77.8 Å². The van der Waals surface area contributed by atoms with Crippen LogP contribution in [0.15, 0.2) is 36.4 Å². The smallest absolute Gasteiger partial charge is 0.307 e. The zero-order valence-corrected chi connectivity index (χ0v) is 13.4. The SMILES string of the molecule is Cc1c(C)c(O)c(/C(=C/CC(=O)O)c2ccccc2)c(C)c1O. The number of carboxylic acid groups (broad SMARTS) is 1. The Morgan fingerprint density at radius 1 is 0.957 bits per heavy atom. The molecular formula is C19H20O4. The van der Waals surface area contributed by atoms with Crippen LogP contribution in [0.1, 0.15) is 34.2 Å². The second-order valence-electron chi connectivity index (χ2n) is 5.53. The number of carbonyl (C=O) groups is 1. The van der Waals surface area contributed by atoms with E-state index in [9.17, 15) is 15.0 Å². The fourth-order valence-corrected chi connectivity index (χ4v) is 2.62. The maximum absolute atomic E-state index is 11.0. The minimum absolute atomic E-state index is 0.0679. The quantitative estimate of drug-likeness (QED) is 0.748. The van der Waals surface area contributed by atoms with E-state index in [2.05, 4.69) is 0 Å². The molecule has 3 N–H and O–H groups in total. The Balaban J connectivity index is 2.76. The number of benzene rings is 2. The summed E-state index contributed by atoms with van der Waals surface area (Å²) in [6, 6.07) is 9.24. The van der Waals surface area contributed by atoms with Gasteiger partial charge in [-0.3, -0.25) is 4.79 Å². The molecule has 4 heteroatoms. The molecule has 4 nitrogen and oxygen atoms in total. The highest BCUT2D eigenvalue weighted by molar-refractivity contribution is 5.88. The largest absolute Gasteiger partial charge is 0.507 e. The van der Waals surface area contributed by atoms with E-state index in [1.807, 2.05) is 30.3 Å². The lowest BCUT2D eigenvalue weighted by molar-refractivity contribution is -0.135. The van der Waals surface area contributed by atoms with Gasteiger partial charge >= 0.3 is 5.97 Å². The molecule has 2 rings (SSSR count). The minimum Gasteiger partial charge on any atom is -0.507 e. The second kappa shape index (κ2) is 6.57. The summed E-state index contributed by atoms with van der Waals surface area (Å²) in [6.07, 6.45) is 1.39. The first-order valence-electron chi connectivity index (χ1n) is 7.34. The number of aliphatic carboxylic acids is 1. The Morgan fingerprint density at radius 2 is 1.52 bits per heavy atom. The molecular weight excluding hydrogens is 292 g/mol. The van der Waals surface area contributed by atoms with Crippen molar-refractivity contribution in [1.29, 1.82) is 0 Å². The highest BCUT2D eigenvalue weighted by Gasteiger charge is 2.20. The van der Waals surface area contributed by atoms with E-state index in [4.69, 9.17) is 5.11 Å². The summed E-state index contributed by atoms with van der Waals surface area (Å²) in [6.45, 7) is 5.19. The normalized spacial score (nSPS) is 11.5. The first-order chi connectivity index (χ1) is 10.8. The van der Waals surface area contributed by atoms with Gasteiger partial charge in [-0.05, 0) is 43.0 Å². The van der Waals surface area contributed by atoms with Crippen LogP contribution < -0.4 is 0 Å². The zero-order valence-electron chi connectivity index (χ0n) is 13.4. The van der Waals surface area contributed by atoms with Crippen molar-refractivity contribution in [1.82, 2.24) is 0 Å². The van der Waals surface area contributed by atoms with E-state index < -0.39 is 5.97 Å². The van der Waals surface area contributed by atoms with Crippen molar-refractivity contribution in [3.05, 3.63) is 64.2 Å². The number of hydrogen-bond donors (Lipinski definition) is 3. The second-order valence-corrected chi connectivity index (χ2v) is 5.53. The molecule has 120 valence electrons. The third-order valence-electron chi connectivity index (χ3n) is 4.07. The van der Waals surface area contributed by atoms with Crippen molar-refractivity contribution in [2.45, 2.75) is 27.2 Å². The highest BCUT2D eigenvalue weighted by Crippen LogP contribution is 2.42. The maximum Gasteiger partial charge on any atom is 0.307 e. The fraction of sp³-hybridized carbons (Fsp3) is 0.211. The Bertz CT molecular complexity index is 745. The van der Waals surface area contributed by atoms with Crippen molar-refractivity contribution in [2.24, 2.45) is 0 Å². The average Bonchev–Trinajstić information content (AvgIpc) is 2.54. The van der Waals surface area contributed by atoms with Crippen LogP contribution >= 0.6 is 0 Å². The first-order valence-corrected chi connectivity index (χ1v) is 7.34. The Morgan fingerprint density at radius 3 is 2.09 bits per heavy atom. The Labute approximate surface area is 135 Å². The third-order valence-corrected chi connectivity index (χ3v) is 4.07. The first kappa shape index (κ1) is 16.6. The van der Waals surface area contributed by atoms with Gasteiger partial charge in [-0.25, -0.2) is 0 Å². The van der Waals surface area contributed by atoms with Crippen molar-refractivity contribution in [3.8, 4) is 11.5 Å². The van der Waals surface area contributed by atoms with Gasteiger partial charge in [-0.2, -0.15) is 0 Å². The van der Waals surface area contributed by atoms with Gasteiger partial charge in [0.25, 0.3) is 0 Å². The summed E-state index contributed by atoms with van der Waals surface area (Å²) >= 11 is 0. The Kier molecular flexibility index (Phi) is 4.74. The van der Waals surface area contributed by atoms with Crippen LogP contribution in [0.3, 0.4) is 0 Å². The van der Waals surface area contributed by atoms with E-state index in [-0.39, 0.29) is 17.9 Å². The van der Waals surface area contributed by atoms with Gasteiger partial charge in [0, 0.05) is 11.1 Å². The molecule has 0 saturated heterocycles. The number of rotatable bonds is 4. The number of aromatic hydroxyl groups is 2. The van der Waals surface area contributed by atoms with Gasteiger partial charge < -0.3 is 15.3 Å². The number of carboxylic acids is 1. The molecule has 0 aliphatic rings. The molecule has 0 radical (unpaired) electrons. The van der Waals surface area contributed by atoms with Gasteiger partial charge in [0.15, 0.2) is 0 Å². The lowest BCUT2D eigenvalue weighted by Gasteiger charge is -2.18. The molecule has 0 heterocycles. The molecule has 23 heavy (non-hydrogen) atoms. The molecule has 0 spiro atoms. The monoisotopic (exact) mass is 312 g/mol. The predicted molar refractivity (Wildman–Crippen MR) is 89.8 cm³/mol. The standard InChI is InChI=1S/C19H20O4/c1-11-12(2)19(23)17(13(3)18(11)22)15(9-10-16(20)21)14-7-5-4-6-8-14/h4-9,22-23H,10H2,1-3H3,(H,20,21)/b15-9+. The van der Waals surface area contributed by atoms with E-state index in [1.54, 1.807) is 26.8 Å². The average molecular weight is 312 g/mol. The highest BCUT2D eigenvalue weighted by atomic mass is 16.4. The summed E-state index contributed by atoms with van der Waals surface area (Å²) in [5, 5.41) is 29.9. The van der Waals surface area contributed by atoms with Crippen LogP contribution in [0, 0.1) is 20.8 Å². The van der Waals surface area contributed by atoms with Gasteiger partial charge in [0.1, 0.15) is 11.5 Å². The maximum atomic E-state index is 11.0. The van der Waals surface area contributed by atoms with Crippen LogP contribution in [-0.2, 0) is 4.79 Å². The van der Waals surface area contributed by atoms with Crippen molar-refractivity contribution in [2.75, 3.05) is 0 Å². The van der Waals surface area contributed by atoms with Gasteiger partial charge in [0.05, 0.1) is 6.42 Å².